The molecular formula is C11H14N2O2. The molecule has 0 aromatic heterocycles. The highest BCUT2D eigenvalue weighted by Gasteiger charge is 2.19. The van der Waals surface area contributed by atoms with Gasteiger partial charge in [0.15, 0.2) is 0 Å². The summed E-state index contributed by atoms with van der Waals surface area (Å²) < 4.78 is 4.91. The molecular weight excluding hydrogens is 192 g/mol. The van der Waals surface area contributed by atoms with Crippen LogP contribution >= 0.6 is 0 Å². The molecule has 0 aliphatic carbocycles. The summed E-state index contributed by atoms with van der Waals surface area (Å²) in [5.74, 6) is 0.312. The highest BCUT2D eigenvalue weighted by molar-refractivity contribution is 5.67. The molecule has 1 aromatic rings. The molecule has 3 N–H and O–H groups in total. The number of amides is 1. The van der Waals surface area contributed by atoms with E-state index in [2.05, 4.69) is 5.32 Å². The van der Waals surface area contributed by atoms with Gasteiger partial charge in [-0.25, -0.2) is 4.79 Å². The number of anilines is 1. The van der Waals surface area contributed by atoms with Crippen molar-refractivity contribution in [2.75, 3.05) is 18.9 Å². The Labute approximate surface area is 88.4 Å². The molecule has 1 unspecified atom stereocenters. The molecule has 2 rings (SSSR count). The summed E-state index contributed by atoms with van der Waals surface area (Å²) in [5.41, 5.74) is 7.75. The molecule has 1 amide bonds. The third kappa shape index (κ3) is 2.40. The van der Waals surface area contributed by atoms with Gasteiger partial charge in [0.1, 0.15) is 0 Å². The van der Waals surface area contributed by atoms with Gasteiger partial charge < -0.3 is 15.8 Å². The average Bonchev–Trinajstić information content (AvgIpc) is 2.25. The number of rotatable bonds is 2. The fourth-order valence-corrected chi connectivity index (χ4v) is 1.69. The molecule has 4 nitrogen and oxygen atoms in total. The van der Waals surface area contributed by atoms with Crippen molar-refractivity contribution in [3.63, 3.8) is 0 Å². The van der Waals surface area contributed by atoms with Gasteiger partial charge in [-0.3, -0.25) is 0 Å². The number of benzene rings is 1. The molecule has 1 atom stereocenters. The van der Waals surface area contributed by atoms with Crippen molar-refractivity contribution in [1.82, 2.24) is 5.32 Å². The zero-order valence-electron chi connectivity index (χ0n) is 8.40. The molecule has 0 bridgehead atoms. The maximum absolute atomic E-state index is 10.8. The lowest BCUT2D eigenvalue weighted by Crippen LogP contribution is -2.39. The predicted molar refractivity (Wildman–Crippen MR) is 57.4 cm³/mol. The Kier molecular flexibility index (Phi) is 2.76. The number of nitrogen functional groups attached to an aromatic ring is 1. The number of carbonyl (C=O) groups excluding carboxylic acids is 1. The fourth-order valence-electron chi connectivity index (χ4n) is 1.69. The van der Waals surface area contributed by atoms with E-state index in [0.717, 1.165) is 17.7 Å². The molecule has 0 radical (unpaired) electrons. The third-order valence-electron chi connectivity index (χ3n) is 2.55. The second kappa shape index (κ2) is 4.21. The summed E-state index contributed by atoms with van der Waals surface area (Å²) in [4.78, 5) is 10.8. The van der Waals surface area contributed by atoms with Gasteiger partial charge in [-0.15, -0.1) is 0 Å². The minimum atomic E-state index is -0.327. The minimum Gasteiger partial charge on any atom is -0.449 e. The van der Waals surface area contributed by atoms with E-state index >= 15 is 0 Å². The number of nitrogens with one attached hydrogen (secondary N) is 1. The van der Waals surface area contributed by atoms with E-state index in [-0.39, 0.29) is 6.09 Å². The molecule has 1 aliphatic heterocycles. The highest BCUT2D eigenvalue weighted by Crippen LogP contribution is 2.17. The maximum Gasteiger partial charge on any atom is 0.407 e. The number of cyclic esters (lactones) is 1. The van der Waals surface area contributed by atoms with Crippen LogP contribution in [-0.2, 0) is 11.2 Å². The van der Waals surface area contributed by atoms with Crippen LogP contribution in [0.15, 0.2) is 24.3 Å². The molecule has 1 aliphatic rings. The number of ether oxygens (including phenoxy) is 1. The topological polar surface area (TPSA) is 64.3 Å². The number of hydrogen-bond donors (Lipinski definition) is 2. The molecule has 0 saturated carbocycles. The van der Waals surface area contributed by atoms with Gasteiger partial charge in [0.2, 0.25) is 0 Å². The van der Waals surface area contributed by atoms with Crippen molar-refractivity contribution >= 4 is 11.8 Å². The van der Waals surface area contributed by atoms with E-state index in [4.69, 9.17) is 10.5 Å². The normalized spacial score (nSPS) is 20.5. The highest BCUT2D eigenvalue weighted by atomic mass is 16.6. The molecule has 1 fully saturated rings. The van der Waals surface area contributed by atoms with Gasteiger partial charge in [0.25, 0.3) is 0 Å². The lowest BCUT2D eigenvalue weighted by molar-refractivity contribution is 0.103. The van der Waals surface area contributed by atoms with E-state index in [0.29, 0.717) is 19.1 Å². The first-order valence-electron chi connectivity index (χ1n) is 4.99. The van der Waals surface area contributed by atoms with E-state index in [9.17, 15) is 4.79 Å². The van der Waals surface area contributed by atoms with Crippen molar-refractivity contribution in [3.05, 3.63) is 29.8 Å². The standard InChI is InChI=1S/C11H14N2O2/c12-10-4-2-1-3-9(10)5-8-6-13-11(14)15-7-8/h1-4,8H,5-7,12H2,(H,13,14). The Hall–Kier alpha value is -1.71. The first kappa shape index (κ1) is 9.83. The molecule has 1 saturated heterocycles. The van der Waals surface area contributed by atoms with Gasteiger partial charge in [-0.1, -0.05) is 18.2 Å². The van der Waals surface area contributed by atoms with Gasteiger partial charge in [-0.2, -0.15) is 0 Å². The van der Waals surface area contributed by atoms with Crippen LogP contribution in [-0.4, -0.2) is 19.2 Å². The summed E-state index contributed by atoms with van der Waals surface area (Å²) in [6.45, 7) is 1.13. The molecule has 1 aromatic carbocycles. The van der Waals surface area contributed by atoms with Crippen LogP contribution < -0.4 is 11.1 Å². The Morgan fingerprint density at radius 3 is 2.93 bits per heavy atom. The van der Waals surface area contributed by atoms with Gasteiger partial charge in [0, 0.05) is 18.2 Å². The summed E-state index contributed by atoms with van der Waals surface area (Å²) in [6.07, 6.45) is 0.514. The lowest BCUT2D eigenvalue weighted by atomic mass is 9.98. The third-order valence-corrected chi connectivity index (χ3v) is 2.55. The van der Waals surface area contributed by atoms with Crippen molar-refractivity contribution in [3.8, 4) is 0 Å². The van der Waals surface area contributed by atoms with E-state index in [1.807, 2.05) is 24.3 Å². The monoisotopic (exact) mass is 206 g/mol. The predicted octanol–water partition coefficient (Wildman–Crippen LogP) is 1.17. The maximum atomic E-state index is 10.8. The minimum absolute atomic E-state index is 0.312. The Balaban J connectivity index is 1.97. The second-order valence-corrected chi connectivity index (χ2v) is 3.75. The fraction of sp³-hybridized carbons (Fsp3) is 0.364. The number of carbonyl (C=O) groups is 1. The Bertz CT molecular complexity index is 355. The smallest absolute Gasteiger partial charge is 0.407 e. The number of para-hydroxylation sites is 1. The summed E-state index contributed by atoms with van der Waals surface area (Å²) >= 11 is 0. The molecule has 15 heavy (non-hydrogen) atoms. The number of alkyl carbamates (subject to hydrolysis) is 1. The van der Waals surface area contributed by atoms with Crippen LogP contribution in [0, 0.1) is 5.92 Å². The van der Waals surface area contributed by atoms with Gasteiger partial charge >= 0.3 is 6.09 Å². The van der Waals surface area contributed by atoms with Crippen LogP contribution in [0.1, 0.15) is 5.56 Å². The number of nitrogens with two attached hydrogens (primary N) is 1. The summed E-state index contributed by atoms with van der Waals surface area (Å²) in [5, 5.41) is 2.67. The van der Waals surface area contributed by atoms with E-state index < -0.39 is 0 Å². The lowest BCUT2D eigenvalue weighted by Gasteiger charge is -2.23. The first-order valence-corrected chi connectivity index (χ1v) is 4.99. The molecule has 1 heterocycles. The molecule has 0 spiro atoms. The van der Waals surface area contributed by atoms with Crippen molar-refractivity contribution in [2.45, 2.75) is 6.42 Å². The molecule has 80 valence electrons. The first-order chi connectivity index (χ1) is 7.25. The van der Waals surface area contributed by atoms with Gasteiger partial charge in [0.05, 0.1) is 6.61 Å². The largest absolute Gasteiger partial charge is 0.449 e. The van der Waals surface area contributed by atoms with E-state index in [1.165, 1.54) is 0 Å². The van der Waals surface area contributed by atoms with Crippen LogP contribution in [0.25, 0.3) is 0 Å². The van der Waals surface area contributed by atoms with Crippen LogP contribution in [0.2, 0.25) is 0 Å². The van der Waals surface area contributed by atoms with Crippen molar-refractivity contribution in [1.29, 1.82) is 0 Å². The van der Waals surface area contributed by atoms with E-state index in [1.54, 1.807) is 0 Å². The Morgan fingerprint density at radius 2 is 2.27 bits per heavy atom. The van der Waals surface area contributed by atoms with Crippen LogP contribution in [0.4, 0.5) is 10.5 Å². The van der Waals surface area contributed by atoms with Crippen molar-refractivity contribution < 1.29 is 9.53 Å². The zero-order chi connectivity index (χ0) is 10.7. The van der Waals surface area contributed by atoms with Crippen molar-refractivity contribution in [2.24, 2.45) is 5.92 Å². The Morgan fingerprint density at radius 1 is 1.47 bits per heavy atom. The summed E-state index contributed by atoms with van der Waals surface area (Å²) in [6, 6.07) is 7.77. The second-order valence-electron chi connectivity index (χ2n) is 3.75. The number of hydrogen-bond acceptors (Lipinski definition) is 3. The molecule has 4 heteroatoms. The van der Waals surface area contributed by atoms with Crippen LogP contribution in [0.3, 0.4) is 0 Å². The van der Waals surface area contributed by atoms with Crippen LogP contribution in [0.5, 0.6) is 0 Å². The van der Waals surface area contributed by atoms with Gasteiger partial charge in [-0.05, 0) is 18.1 Å². The average molecular weight is 206 g/mol. The summed E-state index contributed by atoms with van der Waals surface area (Å²) in [7, 11) is 0. The zero-order valence-corrected chi connectivity index (χ0v) is 8.40. The quantitative estimate of drug-likeness (QED) is 0.714. The SMILES string of the molecule is Nc1ccccc1CC1CNC(=O)OC1.